The molecule has 1 aromatic carbocycles. The van der Waals surface area contributed by atoms with Crippen molar-refractivity contribution in [1.82, 2.24) is 10.2 Å². The zero-order valence-corrected chi connectivity index (χ0v) is 15.1. The number of ether oxygens (including phenoxy) is 2. The topological polar surface area (TPSA) is 105 Å². The quantitative estimate of drug-likeness (QED) is 0.772. The van der Waals surface area contributed by atoms with E-state index in [4.69, 9.17) is 14.6 Å². The fraction of sp³-hybridized carbons (Fsp3) is 0.500. The Morgan fingerprint density at radius 2 is 1.92 bits per heavy atom. The summed E-state index contributed by atoms with van der Waals surface area (Å²) >= 11 is 0. The fourth-order valence-electron chi connectivity index (χ4n) is 2.68. The molecule has 1 aromatic rings. The predicted octanol–water partition coefficient (Wildman–Crippen LogP) is 0.762. The van der Waals surface area contributed by atoms with Crippen LogP contribution in [0.25, 0.3) is 0 Å². The summed E-state index contributed by atoms with van der Waals surface area (Å²) in [6.07, 6.45) is -1.04. The van der Waals surface area contributed by atoms with Crippen LogP contribution in [-0.4, -0.2) is 66.7 Å². The van der Waals surface area contributed by atoms with Gasteiger partial charge in [-0.15, -0.1) is 0 Å². The number of morpholine rings is 1. The molecule has 0 aliphatic carbocycles. The van der Waals surface area contributed by atoms with Crippen LogP contribution < -0.4 is 10.1 Å². The number of carboxylic acid groups (broad SMARTS) is 1. The maximum absolute atomic E-state index is 12.8. The Balaban J connectivity index is 2.08. The molecule has 0 bridgehead atoms. The van der Waals surface area contributed by atoms with Gasteiger partial charge >= 0.3 is 5.97 Å². The number of benzene rings is 1. The Hall–Kier alpha value is -2.61. The normalized spacial score (nSPS) is 18.3. The van der Waals surface area contributed by atoms with E-state index in [0.29, 0.717) is 17.9 Å². The molecule has 0 radical (unpaired) electrons. The van der Waals surface area contributed by atoms with E-state index in [1.807, 2.05) is 13.8 Å². The Labute approximate surface area is 152 Å². The lowest BCUT2D eigenvalue weighted by Gasteiger charge is -2.34. The number of aliphatic carboxylic acids is 1. The standard InChI is InChI=1S/C18H24N2O6/c1-11(2)15(17(22)20-8-9-26-14(10-20)18(23)24)19-16(21)12-4-6-13(25-3)7-5-12/h4-7,11,14-15H,8-10H2,1-3H3,(H,19,21)(H,23,24). The summed E-state index contributed by atoms with van der Waals surface area (Å²) in [5, 5.41) is 11.8. The lowest BCUT2D eigenvalue weighted by molar-refractivity contribution is -0.160. The Morgan fingerprint density at radius 3 is 2.46 bits per heavy atom. The largest absolute Gasteiger partial charge is 0.497 e. The van der Waals surface area contributed by atoms with Crippen molar-refractivity contribution in [3.05, 3.63) is 29.8 Å². The van der Waals surface area contributed by atoms with Crippen molar-refractivity contribution in [3.63, 3.8) is 0 Å². The first-order chi connectivity index (χ1) is 12.3. The molecule has 2 N–H and O–H groups in total. The molecule has 8 nitrogen and oxygen atoms in total. The van der Waals surface area contributed by atoms with E-state index in [9.17, 15) is 14.4 Å². The molecule has 0 aromatic heterocycles. The first kappa shape index (κ1) is 19.7. The summed E-state index contributed by atoms with van der Waals surface area (Å²) in [6.45, 7) is 4.07. The molecule has 1 fully saturated rings. The van der Waals surface area contributed by atoms with Gasteiger partial charge < -0.3 is 24.8 Å². The van der Waals surface area contributed by atoms with Crippen LogP contribution in [-0.2, 0) is 14.3 Å². The third-order valence-corrected chi connectivity index (χ3v) is 4.23. The van der Waals surface area contributed by atoms with Gasteiger partial charge in [-0.1, -0.05) is 13.8 Å². The van der Waals surface area contributed by atoms with Crippen LogP contribution in [0.4, 0.5) is 0 Å². The van der Waals surface area contributed by atoms with Gasteiger partial charge in [-0.2, -0.15) is 0 Å². The molecule has 0 saturated carbocycles. The number of carbonyl (C=O) groups excluding carboxylic acids is 2. The van der Waals surface area contributed by atoms with Crippen molar-refractivity contribution in [1.29, 1.82) is 0 Å². The van der Waals surface area contributed by atoms with E-state index in [2.05, 4.69) is 5.32 Å². The molecule has 2 unspecified atom stereocenters. The number of carbonyl (C=O) groups is 3. The summed E-state index contributed by atoms with van der Waals surface area (Å²) in [7, 11) is 1.54. The van der Waals surface area contributed by atoms with Gasteiger partial charge in [0.1, 0.15) is 11.8 Å². The lowest BCUT2D eigenvalue weighted by atomic mass is 10.0. The van der Waals surface area contributed by atoms with E-state index in [-0.39, 0.29) is 30.9 Å². The fourth-order valence-corrected chi connectivity index (χ4v) is 2.68. The van der Waals surface area contributed by atoms with Crippen LogP contribution in [0, 0.1) is 5.92 Å². The highest BCUT2D eigenvalue weighted by Gasteiger charge is 2.34. The maximum atomic E-state index is 12.8. The van der Waals surface area contributed by atoms with Crippen LogP contribution in [0.2, 0.25) is 0 Å². The number of hydrogen-bond donors (Lipinski definition) is 2. The van der Waals surface area contributed by atoms with Gasteiger partial charge in [0.25, 0.3) is 5.91 Å². The molecule has 1 heterocycles. The van der Waals surface area contributed by atoms with Crippen molar-refractivity contribution in [2.24, 2.45) is 5.92 Å². The predicted molar refractivity (Wildman–Crippen MR) is 93.0 cm³/mol. The van der Waals surface area contributed by atoms with E-state index < -0.39 is 18.1 Å². The van der Waals surface area contributed by atoms with E-state index >= 15 is 0 Å². The summed E-state index contributed by atoms with van der Waals surface area (Å²) in [5.41, 5.74) is 0.412. The number of nitrogens with zero attached hydrogens (tertiary/aromatic N) is 1. The number of carboxylic acids is 1. The summed E-state index contributed by atoms with van der Waals surface area (Å²) in [4.78, 5) is 37.8. The Morgan fingerprint density at radius 1 is 1.27 bits per heavy atom. The van der Waals surface area contributed by atoms with Crippen molar-refractivity contribution < 1.29 is 29.0 Å². The number of amides is 2. The molecule has 26 heavy (non-hydrogen) atoms. The highest BCUT2D eigenvalue weighted by atomic mass is 16.5. The van der Waals surface area contributed by atoms with E-state index in [1.165, 1.54) is 12.0 Å². The minimum atomic E-state index is -1.11. The molecule has 2 amide bonds. The van der Waals surface area contributed by atoms with Crippen LogP contribution in [0.5, 0.6) is 5.75 Å². The number of hydrogen-bond acceptors (Lipinski definition) is 5. The van der Waals surface area contributed by atoms with Gasteiger partial charge in [0.15, 0.2) is 6.10 Å². The van der Waals surface area contributed by atoms with Gasteiger partial charge in [-0.3, -0.25) is 9.59 Å². The molecule has 2 rings (SSSR count). The highest BCUT2D eigenvalue weighted by Crippen LogP contribution is 2.14. The maximum Gasteiger partial charge on any atom is 0.334 e. The van der Waals surface area contributed by atoms with Crippen LogP contribution in [0.15, 0.2) is 24.3 Å². The molecule has 2 atom stereocenters. The van der Waals surface area contributed by atoms with Gasteiger partial charge in [0, 0.05) is 12.1 Å². The minimum absolute atomic E-state index is 0.0320. The Kier molecular flexibility index (Phi) is 6.57. The Bertz CT molecular complexity index is 658. The average molecular weight is 364 g/mol. The third kappa shape index (κ3) is 4.72. The molecule has 0 spiro atoms. The SMILES string of the molecule is COc1ccc(C(=O)NC(C(=O)N2CCOC(C(=O)O)C2)C(C)C)cc1. The second-order valence-corrected chi connectivity index (χ2v) is 6.41. The third-order valence-electron chi connectivity index (χ3n) is 4.23. The van der Waals surface area contributed by atoms with Crippen molar-refractivity contribution in [3.8, 4) is 5.75 Å². The molecule has 1 saturated heterocycles. The van der Waals surface area contributed by atoms with Gasteiger partial charge in [-0.05, 0) is 30.2 Å². The van der Waals surface area contributed by atoms with Crippen LogP contribution in [0.1, 0.15) is 24.2 Å². The second kappa shape index (κ2) is 8.66. The number of methoxy groups -OCH3 is 1. The zero-order chi connectivity index (χ0) is 19.3. The highest BCUT2D eigenvalue weighted by molar-refractivity contribution is 5.97. The van der Waals surface area contributed by atoms with E-state index in [0.717, 1.165) is 0 Å². The first-order valence-electron chi connectivity index (χ1n) is 8.41. The second-order valence-electron chi connectivity index (χ2n) is 6.41. The molecule has 8 heteroatoms. The smallest absolute Gasteiger partial charge is 0.334 e. The number of rotatable bonds is 6. The lowest BCUT2D eigenvalue weighted by Crippen LogP contribution is -2.56. The first-order valence-corrected chi connectivity index (χ1v) is 8.41. The molecular formula is C18H24N2O6. The molecular weight excluding hydrogens is 340 g/mol. The molecule has 1 aliphatic heterocycles. The zero-order valence-electron chi connectivity index (χ0n) is 15.1. The van der Waals surface area contributed by atoms with Crippen LogP contribution in [0.3, 0.4) is 0 Å². The van der Waals surface area contributed by atoms with Crippen molar-refractivity contribution >= 4 is 17.8 Å². The van der Waals surface area contributed by atoms with E-state index in [1.54, 1.807) is 24.3 Å². The van der Waals surface area contributed by atoms with Crippen LogP contribution >= 0.6 is 0 Å². The molecule has 142 valence electrons. The van der Waals surface area contributed by atoms with Crippen molar-refractivity contribution in [2.75, 3.05) is 26.8 Å². The summed E-state index contributed by atoms with van der Waals surface area (Å²) < 4.78 is 10.2. The molecule has 1 aliphatic rings. The van der Waals surface area contributed by atoms with Gasteiger partial charge in [0.2, 0.25) is 5.91 Å². The van der Waals surface area contributed by atoms with Gasteiger partial charge in [-0.25, -0.2) is 4.79 Å². The van der Waals surface area contributed by atoms with Gasteiger partial charge in [0.05, 0.1) is 20.3 Å². The summed E-state index contributed by atoms with van der Waals surface area (Å²) in [6, 6.07) is 5.81. The number of nitrogens with one attached hydrogen (secondary N) is 1. The monoisotopic (exact) mass is 364 g/mol. The van der Waals surface area contributed by atoms with Crippen molar-refractivity contribution in [2.45, 2.75) is 26.0 Å². The summed E-state index contributed by atoms with van der Waals surface area (Å²) in [5.74, 6) is -1.31. The average Bonchev–Trinajstić information content (AvgIpc) is 2.65. The minimum Gasteiger partial charge on any atom is -0.497 e.